The first-order valence-corrected chi connectivity index (χ1v) is 7.27. The van der Waals surface area contributed by atoms with Crippen LogP contribution < -0.4 is 5.32 Å². The number of carbonyl (C=O) groups excluding carboxylic acids is 2. The SMILES string of the molecule is C=C(Br)CNC(=O)C1CC(=O)N(C2CCCC2)C1. The van der Waals surface area contributed by atoms with Crippen molar-refractivity contribution in [2.24, 2.45) is 5.92 Å². The van der Waals surface area contributed by atoms with Gasteiger partial charge in [0.25, 0.3) is 0 Å². The largest absolute Gasteiger partial charge is 0.351 e. The van der Waals surface area contributed by atoms with Gasteiger partial charge in [0.2, 0.25) is 11.8 Å². The van der Waals surface area contributed by atoms with Crippen LogP contribution in [0.2, 0.25) is 0 Å². The van der Waals surface area contributed by atoms with Crippen LogP contribution >= 0.6 is 15.9 Å². The Morgan fingerprint density at radius 2 is 2.11 bits per heavy atom. The summed E-state index contributed by atoms with van der Waals surface area (Å²) in [6.45, 7) is 4.68. The Balaban J connectivity index is 1.87. The van der Waals surface area contributed by atoms with Crippen molar-refractivity contribution >= 4 is 27.7 Å². The van der Waals surface area contributed by atoms with Gasteiger partial charge in [0.1, 0.15) is 0 Å². The molecule has 5 heteroatoms. The highest BCUT2D eigenvalue weighted by atomic mass is 79.9. The first-order valence-electron chi connectivity index (χ1n) is 6.48. The molecule has 1 saturated heterocycles. The maximum Gasteiger partial charge on any atom is 0.225 e. The van der Waals surface area contributed by atoms with Crippen LogP contribution in [0.3, 0.4) is 0 Å². The van der Waals surface area contributed by atoms with E-state index < -0.39 is 0 Å². The summed E-state index contributed by atoms with van der Waals surface area (Å²) in [5.74, 6) is -0.0888. The second kappa shape index (κ2) is 5.87. The van der Waals surface area contributed by atoms with Crippen molar-refractivity contribution in [1.29, 1.82) is 0 Å². The van der Waals surface area contributed by atoms with Crippen molar-refractivity contribution in [1.82, 2.24) is 10.2 Å². The molecule has 18 heavy (non-hydrogen) atoms. The lowest BCUT2D eigenvalue weighted by Crippen LogP contribution is -2.37. The maximum absolute atomic E-state index is 11.9. The van der Waals surface area contributed by atoms with Crippen LogP contribution in [0.4, 0.5) is 0 Å². The van der Waals surface area contributed by atoms with E-state index in [1.165, 1.54) is 12.8 Å². The van der Waals surface area contributed by atoms with Gasteiger partial charge in [-0.25, -0.2) is 0 Å². The number of carbonyl (C=O) groups is 2. The highest BCUT2D eigenvalue weighted by molar-refractivity contribution is 9.11. The van der Waals surface area contributed by atoms with E-state index in [9.17, 15) is 9.59 Å². The normalized spacial score (nSPS) is 24.6. The maximum atomic E-state index is 11.9. The van der Waals surface area contributed by atoms with Crippen molar-refractivity contribution in [3.05, 3.63) is 11.1 Å². The van der Waals surface area contributed by atoms with Gasteiger partial charge in [0.05, 0.1) is 5.92 Å². The minimum Gasteiger partial charge on any atom is -0.351 e. The molecule has 1 saturated carbocycles. The van der Waals surface area contributed by atoms with E-state index in [4.69, 9.17) is 0 Å². The van der Waals surface area contributed by atoms with Crippen molar-refractivity contribution in [3.63, 3.8) is 0 Å². The molecule has 0 aromatic carbocycles. The van der Waals surface area contributed by atoms with Crippen molar-refractivity contribution < 1.29 is 9.59 Å². The first-order chi connectivity index (χ1) is 8.58. The van der Waals surface area contributed by atoms with E-state index in [0.29, 0.717) is 25.6 Å². The molecule has 1 aliphatic heterocycles. The third-order valence-corrected chi connectivity index (χ3v) is 4.03. The fourth-order valence-corrected chi connectivity index (χ4v) is 2.94. The third-order valence-electron chi connectivity index (χ3n) is 3.75. The van der Waals surface area contributed by atoms with Crippen molar-refractivity contribution in [2.45, 2.75) is 38.1 Å². The minimum absolute atomic E-state index is 0.0375. The lowest BCUT2D eigenvalue weighted by Gasteiger charge is -2.23. The van der Waals surface area contributed by atoms with Gasteiger partial charge >= 0.3 is 0 Å². The summed E-state index contributed by atoms with van der Waals surface area (Å²) < 4.78 is 0.743. The predicted molar refractivity (Wildman–Crippen MR) is 73.2 cm³/mol. The Morgan fingerprint density at radius 3 is 2.72 bits per heavy atom. The lowest BCUT2D eigenvalue weighted by molar-refractivity contribution is -0.130. The summed E-state index contributed by atoms with van der Waals surface area (Å²) >= 11 is 3.20. The molecule has 0 radical (unpaired) electrons. The minimum atomic E-state index is -0.190. The van der Waals surface area contributed by atoms with Crippen LogP contribution in [0.5, 0.6) is 0 Å². The smallest absolute Gasteiger partial charge is 0.225 e. The Labute approximate surface area is 116 Å². The molecule has 1 heterocycles. The molecule has 0 spiro atoms. The fourth-order valence-electron chi connectivity index (χ4n) is 2.80. The summed E-state index contributed by atoms with van der Waals surface area (Å²) in [6.07, 6.45) is 4.96. The monoisotopic (exact) mass is 314 g/mol. The van der Waals surface area contributed by atoms with Gasteiger partial charge in [0, 0.05) is 30.0 Å². The molecule has 1 N–H and O–H groups in total. The molecule has 2 aliphatic rings. The number of nitrogens with zero attached hydrogens (tertiary/aromatic N) is 1. The Kier molecular flexibility index (Phi) is 4.43. The molecule has 2 amide bonds. The van der Waals surface area contributed by atoms with Gasteiger partial charge in [-0.15, -0.1) is 0 Å². The van der Waals surface area contributed by atoms with Crippen molar-refractivity contribution in [3.8, 4) is 0 Å². The van der Waals surface area contributed by atoms with E-state index in [2.05, 4.69) is 27.8 Å². The average molecular weight is 315 g/mol. The predicted octanol–water partition coefficient (Wildman–Crippen LogP) is 1.80. The van der Waals surface area contributed by atoms with E-state index in [1.54, 1.807) is 0 Å². The lowest BCUT2D eigenvalue weighted by atomic mass is 10.1. The molecule has 1 unspecified atom stereocenters. The van der Waals surface area contributed by atoms with E-state index in [1.807, 2.05) is 4.90 Å². The van der Waals surface area contributed by atoms with Crippen LogP contribution in [0.25, 0.3) is 0 Å². The Morgan fingerprint density at radius 1 is 1.44 bits per heavy atom. The molecule has 0 aromatic rings. The van der Waals surface area contributed by atoms with Crippen LogP contribution in [0, 0.1) is 5.92 Å². The number of nitrogens with one attached hydrogen (secondary N) is 1. The number of hydrogen-bond donors (Lipinski definition) is 1. The van der Waals surface area contributed by atoms with E-state index in [-0.39, 0.29) is 17.7 Å². The van der Waals surface area contributed by atoms with Gasteiger partial charge in [-0.3, -0.25) is 9.59 Å². The first kappa shape index (κ1) is 13.6. The summed E-state index contributed by atoms with van der Waals surface area (Å²) in [5.41, 5.74) is 0. The third kappa shape index (κ3) is 3.13. The molecular weight excluding hydrogens is 296 g/mol. The van der Waals surface area contributed by atoms with Gasteiger partial charge in [-0.1, -0.05) is 35.4 Å². The molecule has 4 nitrogen and oxygen atoms in total. The zero-order valence-corrected chi connectivity index (χ0v) is 12.0. The molecule has 2 fully saturated rings. The zero-order valence-electron chi connectivity index (χ0n) is 10.5. The van der Waals surface area contributed by atoms with Gasteiger partial charge in [-0.2, -0.15) is 0 Å². The average Bonchev–Trinajstić information content (AvgIpc) is 2.94. The molecule has 1 atom stereocenters. The number of amides is 2. The second-order valence-electron chi connectivity index (χ2n) is 5.12. The Hall–Kier alpha value is -0.840. The molecule has 100 valence electrons. The number of hydrogen-bond acceptors (Lipinski definition) is 2. The molecule has 2 rings (SSSR count). The van der Waals surface area contributed by atoms with Crippen LogP contribution in [0.1, 0.15) is 32.1 Å². The number of rotatable bonds is 4. The summed E-state index contributed by atoms with van der Waals surface area (Å²) in [5, 5.41) is 2.79. The Bertz CT molecular complexity index is 364. The molecular formula is C13H19BrN2O2. The number of halogens is 1. The van der Waals surface area contributed by atoms with Gasteiger partial charge < -0.3 is 10.2 Å². The standard InChI is InChI=1S/C13H19BrN2O2/c1-9(14)7-15-13(18)10-6-12(17)16(8-10)11-4-2-3-5-11/h10-11H,1-8H2,(H,15,18). The quantitative estimate of drug-likeness (QED) is 0.860. The zero-order chi connectivity index (χ0) is 13.1. The molecule has 0 bridgehead atoms. The second-order valence-corrected chi connectivity index (χ2v) is 6.24. The number of likely N-dealkylation sites (tertiary alicyclic amines) is 1. The van der Waals surface area contributed by atoms with Gasteiger partial charge in [-0.05, 0) is 12.8 Å². The summed E-state index contributed by atoms with van der Waals surface area (Å²) in [4.78, 5) is 25.8. The summed E-state index contributed by atoms with van der Waals surface area (Å²) in [7, 11) is 0. The van der Waals surface area contributed by atoms with Crippen LogP contribution in [-0.2, 0) is 9.59 Å². The highest BCUT2D eigenvalue weighted by Crippen LogP contribution is 2.29. The van der Waals surface area contributed by atoms with Gasteiger partial charge in [0.15, 0.2) is 0 Å². The van der Waals surface area contributed by atoms with E-state index in [0.717, 1.165) is 17.3 Å². The van der Waals surface area contributed by atoms with E-state index >= 15 is 0 Å². The molecule has 1 aliphatic carbocycles. The highest BCUT2D eigenvalue weighted by Gasteiger charge is 2.38. The molecule has 0 aromatic heterocycles. The summed E-state index contributed by atoms with van der Waals surface area (Å²) in [6, 6.07) is 0.376. The van der Waals surface area contributed by atoms with Crippen LogP contribution in [-0.4, -0.2) is 35.8 Å². The van der Waals surface area contributed by atoms with Crippen molar-refractivity contribution in [2.75, 3.05) is 13.1 Å². The topological polar surface area (TPSA) is 49.4 Å². The van der Waals surface area contributed by atoms with Crippen LogP contribution in [0.15, 0.2) is 11.1 Å². The fraction of sp³-hybridized carbons (Fsp3) is 0.692.